The number of aryl methyl sites for hydroxylation is 1. The number of nitrogens with zero attached hydrogens (tertiary/aromatic N) is 3. The average molecular weight is 718 g/mol. The average Bonchev–Trinajstić information content (AvgIpc) is 3.84. The molecule has 0 N–H and O–H groups in total. The Balaban J connectivity index is 1.40. The van der Waals surface area contributed by atoms with E-state index in [2.05, 4.69) is 9.97 Å². The Morgan fingerprint density at radius 3 is 2.20 bits per heavy atom. The van der Waals surface area contributed by atoms with Crippen molar-refractivity contribution in [1.29, 1.82) is 0 Å². The lowest BCUT2D eigenvalue weighted by Crippen LogP contribution is -2.36. The van der Waals surface area contributed by atoms with E-state index in [1.807, 2.05) is 19.1 Å². The van der Waals surface area contributed by atoms with Gasteiger partial charge in [0.15, 0.2) is 11.3 Å². The summed E-state index contributed by atoms with van der Waals surface area (Å²) in [5.41, 5.74) is -0.394. The van der Waals surface area contributed by atoms with Crippen LogP contribution in [0.3, 0.4) is 0 Å². The number of carbonyl (C=O) groups is 2. The number of hydrogen-bond donors (Lipinski definition) is 0. The van der Waals surface area contributed by atoms with Crippen LogP contribution in [0.1, 0.15) is 57.3 Å². The number of rotatable bonds is 8. The molecule has 2 heterocycles. The summed E-state index contributed by atoms with van der Waals surface area (Å²) in [7, 11) is 2.78. The maximum Gasteiger partial charge on any atom is 0.416 e. The molecule has 8 nitrogen and oxygen atoms in total. The number of amides is 1. The first kappa shape index (κ1) is 35.1. The van der Waals surface area contributed by atoms with Crippen molar-refractivity contribution in [3.05, 3.63) is 94.3 Å². The molecular formula is C35H29F6N3O5S. The van der Waals surface area contributed by atoms with E-state index in [0.717, 1.165) is 16.7 Å². The van der Waals surface area contributed by atoms with Gasteiger partial charge in [0.25, 0.3) is 0 Å². The molecule has 0 radical (unpaired) electrons. The number of methoxy groups -OCH3 is 2. The van der Waals surface area contributed by atoms with Crippen LogP contribution in [0.15, 0.2) is 66.0 Å². The van der Waals surface area contributed by atoms with Gasteiger partial charge in [-0.05, 0) is 90.7 Å². The molecule has 2 fully saturated rings. The number of esters is 1. The SMILES string of the molecule is COC(=O)c1ccc(-c2ccc(OC)c(-c3cnc(SC)nc3CN3C(=O)O[C@H](c4cc(C(F)(F)F)cc(C(F)(F)F)c4)C34CC4)c2)c(C)c1. The first-order chi connectivity index (χ1) is 23.6. The predicted molar refractivity (Wildman–Crippen MR) is 170 cm³/mol. The second-order valence-electron chi connectivity index (χ2n) is 11.9. The molecule has 1 amide bonds. The zero-order valence-electron chi connectivity index (χ0n) is 27.0. The minimum atomic E-state index is -5.06. The number of thioether (sulfide) groups is 1. The number of alkyl halides is 6. The van der Waals surface area contributed by atoms with E-state index in [0.29, 0.717) is 45.4 Å². The third kappa shape index (κ3) is 6.45. The molecule has 2 aliphatic rings. The van der Waals surface area contributed by atoms with Crippen molar-refractivity contribution in [2.45, 2.75) is 55.5 Å². The minimum absolute atomic E-state index is 0.0468. The highest BCUT2D eigenvalue weighted by Crippen LogP contribution is 2.58. The molecule has 262 valence electrons. The Morgan fingerprint density at radius 1 is 0.960 bits per heavy atom. The first-order valence-corrected chi connectivity index (χ1v) is 16.4. The smallest absolute Gasteiger partial charge is 0.416 e. The van der Waals surface area contributed by atoms with Crippen LogP contribution in [-0.2, 0) is 28.4 Å². The van der Waals surface area contributed by atoms with Crippen LogP contribution < -0.4 is 4.74 Å². The van der Waals surface area contributed by atoms with Gasteiger partial charge in [-0.25, -0.2) is 19.6 Å². The normalized spacial score (nSPS) is 16.8. The Hall–Kier alpha value is -4.79. The lowest BCUT2D eigenvalue weighted by atomic mass is 9.93. The molecule has 0 unspecified atom stereocenters. The highest BCUT2D eigenvalue weighted by molar-refractivity contribution is 7.98. The fourth-order valence-corrected chi connectivity index (χ4v) is 6.66. The summed E-state index contributed by atoms with van der Waals surface area (Å²) < 4.78 is 98.3. The van der Waals surface area contributed by atoms with Crippen LogP contribution in [0.2, 0.25) is 0 Å². The van der Waals surface area contributed by atoms with Gasteiger partial charge in [0.05, 0.1) is 48.7 Å². The zero-order chi connectivity index (χ0) is 36.2. The Bertz CT molecular complexity index is 1960. The van der Waals surface area contributed by atoms with Gasteiger partial charge in [-0.1, -0.05) is 23.9 Å². The number of ether oxygens (including phenoxy) is 3. The van der Waals surface area contributed by atoms with Gasteiger partial charge in [0.1, 0.15) is 5.75 Å². The summed E-state index contributed by atoms with van der Waals surface area (Å²) in [5.74, 6) is -0.0262. The van der Waals surface area contributed by atoms with Gasteiger partial charge in [0, 0.05) is 17.3 Å². The quantitative estimate of drug-likeness (QED) is 0.0773. The van der Waals surface area contributed by atoms with Crippen LogP contribution in [-0.4, -0.2) is 52.9 Å². The molecule has 1 atom stereocenters. The molecule has 50 heavy (non-hydrogen) atoms. The highest BCUT2D eigenvalue weighted by atomic mass is 32.2. The summed E-state index contributed by atoms with van der Waals surface area (Å²) in [6.07, 6.45) is -8.48. The number of carbonyl (C=O) groups excluding carboxylic acids is 2. The zero-order valence-corrected chi connectivity index (χ0v) is 27.8. The molecule has 6 rings (SSSR count). The highest BCUT2D eigenvalue weighted by Gasteiger charge is 2.63. The number of cyclic esters (lactones) is 1. The lowest BCUT2D eigenvalue weighted by Gasteiger charge is -2.26. The summed E-state index contributed by atoms with van der Waals surface area (Å²) >= 11 is 1.24. The maximum atomic E-state index is 13.7. The van der Waals surface area contributed by atoms with E-state index in [4.69, 9.17) is 14.2 Å². The molecule has 1 spiro atoms. The second-order valence-corrected chi connectivity index (χ2v) is 12.7. The monoisotopic (exact) mass is 717 g/mol. The van der Waals surface area contributed by atoms with Crippen molar-refractivity contribution in [3.63, 3.8) is 0 Å². The summed E-state index contributed by atoms with van der Waals surface area (Å²) in [6, 6.07) is 11.8. The number of aromatic nitrogens is 2. The molecule has 3 aromatic carbocycles. The van der Waals surface area contributed by atoms with E-state index >= 15 is 0 Å². The van der Waals surface area contributed by atoms with Crippen molar-refractivity contribution < 1.29 is 50.1 Å². The third-order valence-electron chi connectivity index (χ3n) is 8.92. The molecule has 1 aromatic heterocycles. The van der Waals surface area contributed by atoms with Gasteiger partial charge < -0.3 is 14.2 Å². The number of halogens is 6. The fraction of sp³-hybridized carbons (Fsp3) is 0.314. The lowest BCUT2D eigenvalue weighted by molar-refractivity contribution is -0.143. The van der Waals surface area contributed by atoms with Gasteiger partial charge in [-0.3, -0.25) is 4.90 Å². The second kappa shape index (κ2) is 12.8. The third-order valence-corrected chi connectivity index (χ3v) is 9.49. The van der Waals surface area contributed by atoms with E-state index in [9.17, 15) is 35.9 Å². The molecule has 1 saturated heterocycles. The summed E-state index contributed by atoms with van der Waals surface area (Å²) in [4.78, 5) is 36.0. The van der Waals surface area contributed by atoms with Crippen molar-refractivity contribution >= 4 is 23.8 Å². The Kier molecular flexibility index (Phi) is 8.99. The minimum Gasteiger partial charge on any atom is -0.496 e. The molecule has 0 bridgehead atoms. The van der Waals surface area contributed by atoms with Crippen molar-refractivity contribution in [2.24, 2.45) is 0 Å². The molecule has 1 saturated carbocycles. The van der Waals surface area contributed by atoms with E-state index in [1.54, 1.807) is 36.7 Å². The Morgan fingerprint density at radius 2 is 1.64 bits per heavy atom. The van der Waals surface area contributed by atoms with Crippen LogP contribution in [0.25, 0.3) is 22.3 Å². The summed E-state index contributed by atoms with van der Waals surface area (Å²) in [5, 5.41) is 0.370. The van der Waals surface area contributed by atoms with Gasteiger partial charge >= 0.3 is 24.4 Å². The van der Waals surface area contributed by atoms with Crippen LogP contribution in [0.5, 0.6) is 5.75 Å². The van der Waals surface area contributed by atoms with E-state index in [1.165, 1.54) is 30.9 Å². The Labute approximate surface area is 286 Å². The largest absolute Gasteiger partial charge is 0.496 e. The van der Waals surface area contributed by atoms with Crippen LogP contribution in [0.4, 0.5) is 31.1 Å². The summed E-state index contributed by atoms with van der Waals surface area (Å²) in [6.45, 7) is 1.67. The van der Waals surface area contributed by atoms with Gasteiger partial charge in [-0.2, -0.15) is 26.3 Å². The first-order valence-electron chi connectivity index (χ1n) is 15.1. The standard InChI is InChI=1S/C35H29F6N3O5S/c1-18-11-20(30(45)48-3)5-7-24(18)19-6-8-28(47-2)25(14-19)26-16-42-31(50-4)43-27(26)17-44-32(46)49-29(33(44)9-10-33)21-12-22(34(36,37)38)15-23(13-21)35(39,40)41/h5-8,11-16,29H,9-10,17H2,1-4H3/t29-/m1/s1. The van der Waals surface area contributed by atoms with E-state index < -0.39 is 52.7 Å². The molecular weight excluding hydrogens is 688 g/mol. The predicted octanol–water partition coefficient (Wildman–Crippen LogP) is 8.90. The van der Waals surface area contributed by atoms with E-state index in [-0.39, 0.29) is 25.5 Å². The van der Waals surface area contributed by atoms with Crippen molar-refractivity contribution in [3.8, 4) is 28.0 Å². The van der Waals surface area contributed by atoms with Crippen LogP contribution in [0, 0.1) is 6.92 Å². The molecule has 4 aromatic rings. The fourth-order valence-electron chi connectivity index (χ4n) is 6.30. The topological polar surface area (TPSA) is 90.9 Å². The molecule has 1 aliphatic carbocycles. The molecule has 1 aliphatic heterocycles. The van der Waals surface area contributed by atoms with Gasteiger partial charge in [0.2, 0.25) is 0 Å². The van der Waals surface area contributed by atoms with Crippen LogP contribution >= 0.6 is 11.8 Å². The van der Waals surface area contributed by atoms with Crippen molar-refractivity contribution in [2.75, 3.05) is 20.5 Å². The van der Waals surface area contributed by atoms with Crippen molar-refractivity contribution in [1.82, 2.24) is 14.9 Å². The number of hydrogen-bond acceptors (Lipinski definition) is 8. The number of benzene rings is 3. The maximum absolute atomic E-state index is 13.7. The van der Waals surface area contributed by atoms with Gasteiger partial charge in [-0.15, -0.1) is 0 Å². The molecule has 15 heteroatoms.